The Hall–Kier alpha value is -3.67. The third kappa shape index (κ3) is 10.5. The highest BCUT2D eigenvalue weighted by Crippen LogP contribution is 2.24. The molecule has 0 spiro atoms. The lowest BCUT2D eigenvalue weighted by Gasteiger charge is -2.08. The summed E-state index contributed by atoms with van der Waals surface area (Å²) in [7, 11) is 0. The van der Waals surface area contributed by atoms with E-state index in [1.807, 2.05) is 24.3 Å². The summed E-state index contributed by atoms with van der Waals surface area (Å²) in [5, 5.41) is 8.50. The van der Waals surface area contributed by atoms with Gasteiger partial charge in [0.25, 0.3) is 0 Å². The standard InChI is InChI=1S/C31H38N2O4/c1-3-5-7-8-9-10-24-36-28-17-11-25(12-18-28)31(34)37-30-21-15-27(16-22-30)33-32-26-13-19-29(20-14-26)35-23-6-4-2/h11-22H,3-10,23-24H2,1-2H3. The van der Waals surface area contributed by atoms with Gasteiger partial charge in [-0.2, -0.15) is 10.2 Å². The van der Waals surface area contributed by atoms with E-state index < -0.39 is 5.97 Å². The number of azo groups is 1. The van der Waals surface area contributed by atoms with Crippen LogP contribution < -0.4 is 14.2 Å². The fourth-order valence-corrected chi connectivity index (χ4v) is 3.57. The molecule has 0 fully saturated rings. The Kier molecular flexibility index (Phi) is 12.2. The highest BCUT2D eigenvalue weighted by molar-refractivity contribution is 5.91. The number of esters is 1. The van der Waals surface area contributed by atoms with Crippen molar-refractivity contribution in [3.8, 4) is 17.2 Å². The molecule has 3 aromatic carbocycles. The topological polar surface area (TPSA) is 69.5 Å². The molecule has 196 valence electrons. The van der Waals surface area contributed by atoms with Crippen molar-refractivity contribution in [1.29, 1.82) is 0 Å². The summed E-state index contributed by atoms with van der Waals surface area (Å²) < 4.78 is 16.9. The molecule has 37 heavy (non-hydrogen) atoms. The maximum Gasteiger partial charge on any atom is 0.343 e. The molecule has 3 rings (SSSR count). The normalized spacial score (nSPS) is 11.0. The van der Waals surface area contributed by atoms with Gasteiger partial charge in [-0.25, -0.2) is 4.79 Å². The summed E-state index contributed by atoms with van der Waals surface area (Å²) in [4.78, 5) is 12.5. The van der Waals surface area contributed by atoms with Gasteiger partial charge in [-0.3, -0.25) is 0 Å². The molecule has 0 radical (unpaired) electrons. The van der Waals surface area contributed by atoms with Crippen molar-refractivity contribution in [3.63, 3.8) is 0 Å². The predicted molar refractivity (Wildman–Crippen MR) is 148 cm³/mol. The average Bonchev–Trinajstić information content (AvgIpc) is 2.93. The Morgan fingerprint density at radius 1 is 0.568 bits per heavy atom. The van der Waals surface area contributed by atoms with Crippen LogP contribution in [0.2, 0.25) is 0 Å². The van der Waals surface area contributed by atoms with Gasteiger partial charge in [0.05, 0.1) is 30.2 Å². The second-order valence-corrected chi connectivity index (χ2v) is 8.92. The van der Waals surface area contributed by atoms with Crippen LogP contribution in [0.15, 0.2) is 83.0 Å². The molecule has 3 aromatic rings. The van der Waals surface area contributed by atoms with Crippen molar-refractivity contribution in [1.82, 2.24) is 0 Å². The quantitative estimate of drug-likeness (QED) is 0.0847. The second kappa shape index (κ2) is 16.1. The minimum Gasteiger partial charge on any atom is -0.494 e. The van der Waals surface area contributed by atoms with Crippen molar-refractivity contribution in [2.24, 2.45) is 10.2 Å². The van der Waals surface area contributed by atoms with Crippen molar-refractivity contribution in [2.75, 3.05) is 13.2 Å². The molecule has 6 heteroatoms. The van der Waals surface area contributed by atoms with Crippen LogP contribution in [0.4, 0.5) is 11.4 Å². The van der Waals surface area contributed by atoms with Gasteiger partial charge in [-0.05, 0) is 85.6 Å². The summed E-state index contributed by atoms with van der Waals surface area (Å²) >= 11 is 0. The first-order valence-corrected chi connectivity index (χ1v) is 13.4. The minimum absolute atomic E-state index is 0.418. The van der Waals surface area contributed by atoms with E-state index in [2.05, 4.69) is 24.1 Å². The number of benzene rings is 3. The van der Waals surface area contributed by atoms with E-state index in [-0.39, 0.29) is 0 Å². The van der Waals surface area contributed by atoms with E-state index in [0.29, 0.717) is 30.2 Å². The van der Waals surface area contributed by atoms with Crippen LogP contribution in [-0.4, -0.2) is 19.2 Å². The summed E-state index contributed by atoms with van der Waals surface area (Å²) in [5.41, 5.74) is 1.87. The molecule has 0 atom stereocenters. The molecule has 0 heterocycles. The molecule has 0 saturated carbocycles. The van der Waals surface area contributed by atoms with Crippen LogP contribution in [-0.2, 0) is 0 Å². The lowest BCUT2D eigenvalue weighted by atomic mass is 10.1. The third-order valence-electron chi connectivity index (χ3n) is 5.79. The molecular formula is C31H38N2O4. The van der Waals surface area contributed by atoms with Crippen LogP contribution >= 0.6 is 0 Å². The predicted octanol–water partition coefficient (Wildman–Crippen LogP) is 9.24. The van der Waals surface area contributed by atoms with Crippen LogP contribution in [0.3, 0.4) is 0 Å². The number of hydrogen-bond acceptors (Lipinski definition) is 6. The molecule has 0 aliphatic carbocycles. The van der Waals surface area contributed by atoms with Crippen LogP contribution in [0, 0.1) is 0 Å². The summed E-state index contributed by atoms with van der Waals surface area (Å²) in [6.07, 6.45) is 9.49. The molecule has 0 saturated heterocycles. The van der Waals surface area contributed by atoms with Gasteiger partial charge in [0.1, 0.15) is 17.2 Å². The lowest BCUT2D eigenvalue weighted by Crippen LogP contribution is -2.08. The number of unbranched alkanes of at least 4 members (excludes halogenated alkanes) is 6. The van der Waals surface area contributed by atoms with Crippen LogP contribution in [0.5, 0.6) is 17.2 Å². The summed E-state index contributed by atoms with van der Waals surface area (Å²) in [5.74, 6) is 1.62. The zero-order valence-electron chi connectivity index (χ0n) is 22.0. The molecule has 0 aliphatic heterocycles. The van der Waals surface area contributed by atoms with Crippen LogP contribution in [0.25, 0.3) is 0 Å². The van der Waals surface area contributed by atoms with Gasteiger partial charge >= 0.3 is 5.97 Å². The molecule has 0 bridgehead atoms. The number of carbonyl (C=O) groups excluding carboxylic acids is 1. The number of hydrogen-bond donors (Lipinski definition) is 0. The zero-order valence-corrected chi connectivity index (χ0v) is 22.0. The van der Waals surface area contributed by atoms with Gasteiger partial charge in [0, 0.05) is 0 Å². The Morgan fingerprint density at radius 2 is 1.03 bits per heavy atom. The van der Waals surface area contributed by atoms with E-state index in [1.54, 1.807) is 48.5 Å². The summed E-state index contributed by atoms with van der Waals surface area (Å²) in [6.45, 7) is 5.76. The maximum atomic E-state index is 12.5. The van der Waals surface area contributed by atoms with E-state index in [1.165, 1.54) is 32.1 Å². The largest absolute Gasteiger partial charge is 0.494 e. The van der Waals surface area contributed by atoms with Gasteiger partial charge in [-0.15, -0.1) is 0 Å². The average molecular weight is 503 g/mol. The molecule has 6 nitrogen and oxygen atoms in total. The number of carbonyl (C=O) groups is 1. The fourth-order valence-electron chi connectivity index (χ4n) is 3.57. The SMILES string of the molecule is CCCCCCCCOc1ccc(C(=O)Oc2ccc(N=Nc3ccc(OCCCC)cc3)cc2)cc1. The monoisotopic (exact) mass is 502 g/mol. The molecular weight excluding hydrogens is 464 g/mol. The van der Waals surface area contributed by atoms with Crippen molar-refractivity contribution >= 4 is 17.3 Å². The molecule has 0 amide bonds. The first kappa shape index (κ1) is 27.9. The highest BCUT2D eigenvalue weighted by atomic mass is 16.5. The lowest BCUT2D eigenvalue weighted by molar-refractivity contribution is 0.0734. The summed E-state index contributed by atoms with van der Waals surface area (Å²) in [6, 6.07) is 21.5. The molecule has 0 aromatic heterocycles. The Labute approximate surface area is 220 Å². The Balaban J connectivity index is 1.42. The number of nitrogens with zero attached hydrogens (tertiary/aromatic N) is 2. The van der Waals surface area contributed by atoms with E-state index >= 15 is 0 Å². The fraction of sp³-hybridized carbons (Fsp3) is 0.387. The third-order valence-corrected chi connectivity index (χ3v) is 5.79. The van der Waals surface area contributed by atoms with Gasteiger partial charge < -0.3 is 14.2 Å². The first-order valence-electron chi connectivity index (χ1n) is 13.4. The highest BCUT2D eigenvalue weighted by Gasteiger charge is 2.09. The molecule has 0 unspecified atom stereocenters. The van der Waals surface area contributed by atoms with E-state index in [9.17, 15) is 4.79 Å². The Bertz CT molecular complexity index is 1080. The Morgan fingerprint density at radius 3 is 1.59 bits per heavy atom. The van der Waals surface area contributed by atoms with Crippen LogP contribution in [0.1, 0.15) is 75.6 Å². The van der Waals surface area contributed by atoms with Crippen molar-refractivity contribution in [3.05, 3.63) is 78.4 Å². The van der Waals surface area contributed by atoms with E-state index in [4.69, 9.17) is 14.2 Å². The maximum absolute atomic E-state index is 12.5. The second-order valence-electron chi connectivity index (χ2n) is 8.92. The van der Waals surface area contributed by atoms with E-state index in [0.717, 1.165) is 36.4 Å². The van der Waals surface area contributed by atoms with Gasteiger partial charge in [0.15, 0.2) is 0 Å². The molecule has 0 N–H and O–H groups in total. The first-order chi connectivity index (χ1) is 18.2. The zero-order chi connectivity index (χ0) is 26.1. The van der Waals surface area contributed by atoms with Crippen molar-refractivity contribution in [2.45, 2.75) is 65.2 Å². The van der Waals surface area contributed by atoms with Gasteiger partial charge in [0.2, 0.25) is 0 Å². The molecule has 0 aliphatic rings. The number of ether oxygens (including phenoxy) is 3. The van der Waals surface area contributed by atoms with Gasteiger partial charge in [-0.1, -0.05) is 52.4 Å². The minimum atomic E-state index is -0.418. The number of rotatable bonds is 16. The van der Waals surface area contributed by atoms with Crippen molar-refractivity contribution < 1.29 is 19.0 Å². The smallest absolute Gasteiger partial charge is 0.343 e.